The Morgan fingerprint density at radius 3 is 2.24 bits per heavy atom. The quantitative estimate of drug-likeness (QED) is 0.374. The fraction of sp³-hybridized carbons (Fsp3) is 0.519. The Morgan fingerprint density at radius 1 is 1.05 bits per heavy atom. The number of ether oxygens (including phenoxy) is 2. The molecule has 0 aliphatic carbocycles. The van der Waals surface area contributed by atoms with Gasteiger partial charge in [0, 0.05) is 51.6 Å². The van der Waals surface area contributed by atoms with Gasteiger partial charge in [0.15, 0.2) is 0 Å². The summed E-state index contributed by atoms with van der Waals surface area (Å²) in [6, 6.07) is 15.0. The molecule has 37 heavy (non-hydrogen) atoms. The summed E-state index contributed by atoms with van der Waals surface area (Å²) in [4.78, 5) is 17.1. The first-order valence-electron chi connectivity index (χ1n) is 12.9. The Hall–Kier alpha value is -2.82. The minimum Gasteiger partial charge on any atom is -0.457 e. The average Bonchev–Trinajstić information content (AvgIpc) is 2.87. The molecule has 9 nitrogen and oxygen atoms in total. The zero-order valence-corrected chi connectivity index (χ0v) is 22.9. The second-order valence-electron chi connectivity index (χ2n) is 9.42. The van der Waals surface area contributed by atoms with Gasteiger partial charge in [-0.3, -0.25) is 9.62 Å². The van der Waals surface area contributed by atoms with Gasteiger partial charge in [0.2, 0.25) is 10.0 Å². The van der Waals surface area contributed by atoms with Crippen LogP contribution in [-0.4, -0.2) is 76.4 Å². The molecule has 3 rings (SSSR count). The van der Waals surface area contributed by atoms with E-state index in [1.54, 1.807) is 31.4 Å². The lowest BCUT2D eigenvalue weighted by Gasteiger charge is -2.38. The number of hydrogen-bond acceptors (Lipinski definition) is 6. The van der Waals surface area contributed by atoms with Crippen LogP contribution in [0.2, 0.25) is 0 Å². The van der Waals surface area contributed by atoms with E-state index in [9.17, 15) is 13.2 Å². The molecule has 1 aliphatic rings. The number of methoxy groups -OCH3 is 1. The Labute approximate surface area is 221 Å². The number of nitrogens with one attached hydrogen (secondary N) is 2. The van der Waals surface area contributed by atoms with Gasteiger partial charge in [0.25, 0.3) is 0 Å². The maximum absolute atomic E-state index is 12.7. The van der Waals surface area contributed by atoms with Crippen molar-refractivity contribution in [3.05, 3.63) is 54.1 Å². The van der Waals surface area contributed by atoms with Crippen molar-refractivity contribution in [3.63, 3.8) is 0 Å². The zero-order valence-electron chi connectivity index (χ0n) is 22.1. The van der Waals surface area contributed by atoms with Crippen LogP contribution in [0.1, 0.15) is 38.2 Å². The largest absolute Gasteiger partial charge is 0.457 e. The Balaban J connectivity index is 1.48. The van der Waals surface area contributed by atoms with E-state index in [4.69, 9.17) is 9.47 Å². The van der Waals surface area contributed by atoms with Crippen molar-refractivity contribution in [2.45, 2.75) is 45.2 Å². The molecule has 0 radical (unpaired) electrons. The van der Waals surface area contributed by atoms with Gasteiger partial charge >= 0.3 is 6.03 Å². The summed E-state index contributed by atoms with van der Waals surface area (Å²) >= 11 is 0. The molecule has 0 saturated carbocycles. The van der Waals surface area contributed by atoms with Crippen molar-refractivity contribution in [1.29, 1.82) is 0 Å². The molecule has 2 aromatic rings. The zero-order chi connectivity index (χ0) is 26.7. The molecule has 1 aliphatic heterocycles. The van der Waals surface area contributed by atoms with Gasteiger partial charge < -0.3 is 19.7 Å². The molecule has 2 N–H and O–H groups in total. The lowest BCUT2D eigenvalue weighted by molar-refractivity contribution is 0.0930. The van der Waals surface area contributed by atoms with Crippen LogP contribution in [0.3, 0.4) is 0 Å². The lowest BCUT2D eigenvalue weighted by atomic mass is 10.0. The Morgan fingerprint density at radius 2 is 1.68 bits per heavy atom. The van der Waals surface area contributed by atoms with Gasteiger partial charge in [0.1, 0.15) is 11.5 Å². The molecule has 1 heterocycles. The molecular weight excluding hydrogens is 492 g/mol. The standard InChI is InChI=1S/C27H40N4O5S/c1-4-5-16-28-27(32)31(19-20-35-2)24-14-17-30(18-15-24)21-22-6-10-25(11-7-22)36-26-12-8-23(9-13-26)29-37(3,33)34/h6-13,24,29H,4-5,14-21H2,1-3H3,(H,28,32). The van der Waals surface area contributed by atoms with Crippen LogP contribution in [0.5, 0.6) is 11.5 Å². The van der Waals surface area contributed by atoms with Crippen molar-refractivity contribution in [2.24, 2.45) is 0 Å². The van der Waals surface area contributed by atoms with E-state index >= 15 is 0 Å². The van der Waals surface area contributed by atoms with Crippen LogP contribution in [0.4, 0.5) is 10.5 Å². The number of carbonyl (C=O) groups is 1. The van der Waals surface area contributed by atoms with Crippen molar-refractivity contribution >= 4 is 21.7 Å². The minimum absolute atomic E-state index is 0.0147. The number of amides is 2. The SMILES string of the molecule is CCCCNC(=O)N(CCOC)C1CCN(Cc2ccc(Oc3ccc(NS(C)(=O)=O)cc3)cc2)CC1. The Bertz CT molecular complexity index is 1070. The molecular formula is C27H40N4O5S. The number of hydrogen-bond donors (Lipinski definition) is 2. The van der Waals surface area contributed by atoms with Crippen LogP contribution >= 0.6 is 0 Å². The third kappa shape index (κ3) is 9.87. The lowest BCUT2D eigenvalue weighted by Crippen LogP contribution is -2.51. The smallest absolute Gasteiger partial charge is 0.317 e. The highest BCUT2D eigenvalue weighted by Gasteiger charge is 2.27. The second kappa shape index (κ2) is 14.2. The first kappa shape index (κ1) is 28.7. The van der Waals surface area contributed by atoms with Gasteiger partial charge in [-0.05, 0) is 61.2 Å². The number of anilines is 1. The molecule has 1 fully saturated rings. The normalized spacial score (nSPS) is 14.8. The number of likely N-dealkylation sites (tertiary alicyclic amines) is 1. The predicted molar refractivity (Wildman–Crippen MR) is 147 cm³/mol. The molecule has 0 bridgehead atoms. The summed E-state index contributed by atoms with van der Waals surface area (Å²) in [7, 11) is -1.64. The Kier molecular flexibility index (Phi) is 11.0. The van der Waals surface area contributed by atoms with Crippen molar-refractivity contribution in [3.8, 4) is 11.5 Å². The van der Waals surface area contributed by atoms with E-state index in [1.165, 1.54) is 5.56 Å². The molecule has 204 valence electrons. The van der Waals surface area contributed by atoms with E-state index in [0.717, 1.165) is 51.6 Å². The van der Waals surface area contributed by atoms with Crippen LogP contribution < -0.4 is 14.8 Å². The number of benzene rings is 2. The number of carbonyl (C=O) groups excluding carboxylic acids is 1. The number of unbranched alkanes of at least 4 members (excludes halogenated alkanes) is 1. The highest BCUT2D eigenvalue weighted by atomic mass is 32.2. The molecule has 0 unspecified atom stereocenters. The number of piperidine rings is 1. The molecule has 0 atom stereocenters. The number of urea groups is 1. The predicted octanol–water partition coefficient (Wildman–Crippen LogP) is 4.27. The summed E-state index contributed by atoms with van der Waals surface area (Å²) in [6.45, 7) is 6.69. The molecule has 0 aromatic heterocycles. The number of rotatable bonds is 13. The molecule has 2 amide bonds. The summed E-state index contributed by atoms with van der Waals surface area (Å²) in [5.74, 6) is 1.35. The maximum Gasteiger partial charge on any atom is 0.317 e. The van der Waals surface area contributed by atoms with Gasteiger partial charge in [-0.25, -0.2) is 13.2 Å². The fourth-order valence-electron chi connectivity index (χ4n) is 4.36. The summed E-state index contributed by atoms with van der Waals surface area (Å²) in [6.07, 6.45) is 5.04. The van der Waals surface area contributed by atoms with E-state index in [1.807, 2.05) is 17.0 Å². The summed E-state index contributed by atoms with van der Waals surface area (Å²) < 4.78 is 36.2. The third-order valence-electron chi connectivity index (χ3n) is 6.32. The highest BCUT2D eigenvalue weighted by Crippen LogP contribution is 2.25. The van der Waals surface area contributed by atoms with Gasteiger partial charge in [-0.15, -0.1) is 0 Å². The molecule has 1 saturated heterocycles. The van der Waals surface area contributed by atoms with Gasteiger partial charge in [-0.1, -0.05) is 25.5 Å². The molecule has 10 heteroatoms. The first-order chi connectivity index (χ1) is 17.8. The molecule has 0 spiro atoms. The fourth-order valence-corrected chi connectivity index (χ4v) is 4.93. The monoisotopic (exact) mass is 532 g/mol. The van der Waals surface area contributed by atoms with Crippen LogP contribution in [0.15, 0.2) is 48.5 Å². The first-order valence-corrected chi connectivity index (χ1v) is 14.8. The summed E-state index contributed by atoms with van der Waals surface area (Å²) in [5, 5.41) is 3.05. The van der Waals surface area contributed by atoms with Gasteiger partial charge in [-0.2, -0.15) is 0 Å². The number of sulfonamides is 1. The van der Waals surface area contributed by atoms with Crippen LogP contribution in [-0.2, 0) is 21.3 Å². The van der Waals surface area contributed by atoms with Crippen molar-refractivity contribution in [2.75, 3.05) is 50.9 Å². The third-order valence-corrected chi connectivity index (χ3v) is 6.93. The van der Waals surface area contributed by atoms with Crippen molar-refractivity contribution in [1.82, 2.24) is 15.1 Å². The summed E-state index contributed by atoms with van der Waals surface area (Å²) in [5.41, 5.74) is 1.69. The second-order valence-corrected chi connectivity index (χ2v) is 11.2. The highest BCUT2D eigenvalue weighted by molar-refractivity contribution is 7.92. The number of nitrogens with zero attached hydrogens (tertiary/aromatic N) is 2. The van der Waals surface area contributed by atoms with Crippen LogP contribution in [0.25, 0.3) is 0 Å². The van der Waals surface area contributed by atoms with Crippen LogP contribution in [0, 0.1) is 0 Å². The maximum atomic E-state index is 12.7. The molecule has 2 aromatic carbocycles. The van der Waals surface area contributed by atoms with Gasteiger partial charge in [0.05, 0.1) is 12.9 Å². The van der Waals surface area contributed by atoms with E-state index < -0.39 is 10.0 Å². The van der Waals surface area contributed by atoms with E-state index in [-0.39, 0.29) is 12.1 Å². The van der Waals surface area contributed by atoms with E-state index in [0.29, 0.717) is 36.9 Å². The topological polar surface area (TPSA) is 100 Å². The average molecular weight is 533 g/mol. The van der Waals surface area contributed by atoms with Crippen molar-refractivity contribution < 1.29 is 22.7 Å². The van der Waals surface area contributed by atoms with E-state index in [2.05, 4.69) is 34.0 Å². The minimum atomic E-state index is -3.31.